The van der Waals surface area contributed by atoms with Crippen molar-refractivity contribution >= 4 is 17.2 Å². The number of aromatic nitrogens is 1. The molecule has 2 aromatic carbocycles. The fraction of sp³-hybridized carbons (Fsp3) is 0.105. The van der Waals surface area contributed by atoms with Gasteiger partial charge in [0.25, 0.3) is 0 Å². The van der Waals surface area contributed by atoms with Crippen molar-refractivity contribution in [3.8, 4) is 29.1 Å². The lowest BCUT2D eigenvalue weighted by Gasteiger charge is -2.10. The Kier molecular flexibility index (Phi) is 4.11. The topological polar surface area (TPSA) is 88.0 Å². The number of fused-ring (bicyclic) bond motifs is 1. The van der Waals surface area contributed by atoms with Crippen molar-refractivity contribution < 1.29 is 14.4 Å². The summed E-state index contributed by atoms with van der Waals surface area (Å²) in [5.41, 5.74) is 2.68. The van der Waals surface area contributed by atoms with Gasteiger partial charge < -0.3 is 9.57 Å². The van der Waals surface area contributed by atoms with Crippen LogP contribution in [0.1, 0.15) is 21.5 Å². The van der Waals surface area contributed by atoms with Crippen LogP contribution in [-0.2, 0) is 0 Å². The van der Waals surface area contributed by atoms with E-state index in [1.54, 1.807) is 31.4 Å². The number of aldehydes is 1. The van der Waals surface area contributed by atoms with E-state index in [0.29, 0.717) is 27.9 Å². The third kappa shape index (κ3) is 2.46. The molecule has 0 atom stereocenters. The number of hydrogen-bond acceptors (Lipinski definition) is 5. The summed E-state index contributed by atoms with van der Waals surface area (Å²) in [6, 6.07) is 14.3. The van der Waals surface area contributed by atoms with Gasteiger partial charge in [-0.3, -0.25) is 4.79 Å². The first-order chi connectivity index (χ1) is 12.2. The zero-order chi connectivity index (χ0) is 18.0. The summed E-state index contributed by atoms with van der Waals surface area (Å²) in [5.74, 6) is 0.690. The van der Waals surface area contributed by atoms with E-state index in [9.17, 15) is 15.3 Å². The second kappa shape index (κ2) is 6.38. The van der Waals surface area contributed by atoms with Crippen LogP contribution in [0.15, 0.2) is 36.4 Å². The second-order valence-electron chi connectivity index (χ2n) is 5.22. The van der Waals surface area contributed by atoms with E-state index in [1.807, 2.05) is 24.3 Å². The van der Waals surface area contributed by atoms with E-state index in [-0.39, 0.29) is 11.1 Å². The van der Waals surface area contributed by atoms with Crippen LogP contribution >= 0.6 is 0 Å². The first kappa shape index (κ1) is 16.1. The molecule has 1 heterocycles. The van der Waals surface area contributed by atoms with Crippen LogP contribution in [0.2, 0.25) is 0 Å². The summed E-state index contributed by atoms with van der Waals surface area (Å²) in [5, 5.41) is 19.0. The molecule has 1 aromatic heterocycles. The highest BCUT2D eigenvalue weighted by molar-refractivity contribution is 6.05. The first-order valence-electron chi connectivity index (χ1n) is 7.35. The lowest BCUT2D eigenvalue weighted by molar-refractivity contribution is 0.112. The van der Waals surface area contributed by atoms with Crippen molar-refractivity contribution in [2.45, 2.75) is 0 Å². The van der Waals surface area contributed by atoms with Gasteiger partial charge in [-0.15, -0.1) is 0 Å². The Morgan fingerprint density at radius 2 is 1.68 bits per heavy atom. The van der Waals surface area contributed by atoms with E-state index in [4.69, 9.17) is 9.57 Å². The molecule has 25 heavy (non-hydrogen) atoms. The average Bonchev–Trinajstić information content (AvgIpc) is 2.98. The maximum absolute atomic E-state index is 11.8. The number of carbonyl (C=O) groups is 1. The van der Waals surface area contributed by atoms with Crippen molar-refractivity contribution in [3.05, 3.63) is 53.1 Å². The van der Waals surface area contributed by atoms with Gasteiger partial charge in [-0.05, 0) is 36.4 Å². The van der Waals surface area contributed by atoms with Crippen LogP contribution in [-0.4, -0.2) is 25.2 Å². The Balaban J connectivity index is 2.40. The molecule has 0 aliphatic carbocycles. The van der Waals surface area contributed by atoms with Gasteiger partial charge >= 0.3 is 0 Å². The van der Waals surface area contributed by atoms with Gasteiger partial charge in [-0.1, -0.05) is 0 Å². The number of nitrogens with zero attached hydrogens (tertiary/aromatic N) is 3. The van der Waals surface area contributed by atoms with Gasteiger partial charge in [0.2, 0.25) is 0 Å². The lowest BCUT2D eigenvalue weighted by Crippen LogP contribution is -2.07. The number of rotatable bonds is 4. The molecule has 3 aromatic rings. The standard InChI is InChI=1S/C19H13N3O3/c1-24-15-5-3-12(4-6-15)19-17(11-23)16-7-13(9-20)14(10-21)8-18(16)22(19)25-2/h3-8,11H,1-2H3. The predicted molar refractivity (Wildman–Crippen MR) is 91.2 cm³/mol. The predicted octanol–water partition coefficient (Wildman–Crippen LogP) is 2.93. The molecule has 0 saturated heterocycles. The molecule has 6 heteroatoms. The summed E-state index contributed by atoms with van der Waals surface area (Å²) in [4.78, 5) is 17.2. The highest BCUT2D eigenvalue weighted by Gasteiger charge is 2.21. The van der Waals surface area contributed by atoms with Crippen LogP contribution in [0, 0.1) is 22.7 Å². The third-order valence-electron chi connectivity index (χ3n) is 4.01. The molecule has 0 unspecified atom stereocenters. The minimum atomic E-state index is 0.215. The number of ether oxygens (including phenoxy) is 1. The summed E-state index contributed by atoms with van der Waals surface area (Å²) in [7, 11) is 3.05. The molecular weight excluding hydrogens is 318 g/mol. The molecular formula is C19H13N3O3. The molecule has 0 radical (unpaired) electrons. The maximum atomic E-state index is 11.8. The number of carbonyl (C=O) groups excluding carboxylic acids is 1. The highest BCUT2D eigenvalue weighted by atomic mass is 16.6. The van der Waals surface area contributed by atoms with Gasteiger partial charge in [0.1, 0.15) is 25.0 Å². The molecule has 3 rings (SSSR count). The zero-order valence-electron chi connectivity index (χ0n) is 13.6. The van der Waals surface area contributed by atoms with E-state index >= 15 is 0 Å². The minimum Gasteiger partial charge on any atom is -0.497 e. The van der Waals surface area contributed by atoms with E-state index in [1.165, 1.54) is 11.8 Å². The fourth-order valence-corrected chi connectivity index (χ4v) is 2.84. The van der Waals surface area contributed by atoms with Gasteiger partial charge in [-0.25, -0.2) is 0 Å². The molecule has 0 aliphatic heterocycles. The summed E-state index contributed by atoms with van der Waals surface area (Å²) < 4.78 is 6.65. The molecule has 122 valence electrons. The van der Waals surface area contributed by atoms with Crippen LogP contribution in [0.5, 0.6) is 5.75 Å². The number of methoxy groups -OCH3 is 1. The van der Waals surface area contributed by atoms with Crippen molar-refractivity contribution in [3.63, 3.8) is 0 Å². The van der Waals surface area contributed by atoms with Crippen molar-refractivity contribution in [2.75, 3.05) is 14.2 Å². The molecule has 0 amide bonds. The number of hydrogen-bond donors (Lipinski definition) is 0. The van der Waals surface area contributed by atoms with Crippen molar-refractivity contribution in [1.29, 1.82) is 10.5 Å². The molecule has 0 aliphatic rings. The molecule has 0 N–H and O–H groups in total. The Morgan fingerprint density at radius 1 is 1.04 bits per heavy atom. The summed E-state index contributed by atoms with van der Waals surface area (Å²) >= 11 is 0. The van der Waals surface area contributed by atoms with Crippen LogP contribution < -0.4 is 9.57 Å². The zero-order valence-corrected chi connectivity index (χ0v) is 13.6. The van der Waals surface area contributed by atoms with Crippen molar-refractivity contribution in [1.82, 2.24) is 4.73 Å². The largest absolute Gasteiger partial charge is 0.497 e. The number of benzene rings is 2. The number of nitriles is 2. The average molecular weight is 331 g/mol. The molecule has 0 fully saturated rings. The van der Waals surface area contributed by atoms with E-state index < -0.39 is 0 Å². The highest BCUT2D eigenvalue weighted by Crippen LogP contribution is 2.34. The van der Waals surface area contributed by atoms with E-state index in [0.717, 1.165) is 11.8 Å². The Hall–Kier alpha value is -3.77. The molecule has 0 bridgehead atoms. The van der Waals surface area contributed by atoms with Gasteiger partial charge in [0, 0.05) is 10.9 Å². The van der Waals surface area contributed by atoms with Gasteiger partial charge in [0.15, 0.2) is 6.29 Å². The summed E-state index contributed by atoms with van der Waals surface area (Å²) in [6.07, 6.45) is 0.727. The first-order valence-corrected chi connectivity index (χ1v) is 7.35. The smallest absolute Gasteiger partial charge is 0.152 e. The fourth-order valence-electron chi connectivity index (χ4n) is 2.84. The van der Waals surface area contributed by atoms with Gasteiger partial charge in [0.05, 0.1) is 35.0 Å². The van der Waals surface area contributed by atoms with Crippen LogP contribution in [0.3, 0.4) is 0 Å². The van der Waals surface area contributed by atoms with E-state index in [2.05, 4.69) is 0 Å². The van der Waals surface area contributed by atoms with Gasteiger partial charge in [-0.2, -0.15) is 15.3 Å². The van der Waals surface area contributed by atoms with Crippen molar-refractivity contribution in [2.24, 2.45) is 0 Å². The Labute approximate surface area is 144 Å². The third-order valence-corrected chi connectivity index (χ3v) is 4.01. The van der Waals surface area contributed by atoms with Crippen LogP contribution in [0.4, 0.5) is 0 Å². The lowest BCUT2D eigenvalue weighted by atomic mass is 10.0. The van der Waals surface area contributed by atoms with Crippen LogP contribution in [0.25, 0.3) is 22.2 Å². The molecule has 6 nitrogen and oxygen atoms in total. The normalized spacial score (nSPS) is 10.1. The Morgan fingerprint density at radius 3 is 2.20 bits per heavy atom. The SMILES string of the molecule is COc1ccc(-c2c(C=O)c3cc(C#N)c(C#N)cc3n2OC)cc1. The monoisotopic (exact) mass is 331 g/mol. The second-order valence-corrected chi connectivity index (χ2v) is 5.22. The Bertz CT molecular complexity index is 1050. The molecule has 0 saturated carbocycles. The minimum absolute atomic E-state index is 0.215. The molecule has 0 spiro atoms. The quantitative estimate of drug-likeness (QED) is 0.686. The summed E-state index contributed by atoms with van der Waals surface area (Å²) in [6.45, 7) is 0. The maximum Gasteiger partial charge on any atom is 0.152 e.